The maximum Gasteiger partial charge on any atom is 0.173 e. The second-order valence-electron chi connectivity index (χ2n) is 3.55. The Bertz CT molecular complexity index is 539. The van der Waals surface area contributed by atoms with Crippen LogP contribution in [0.5, 0.6) is 0 Å². The van der Waals surface area contributed by atoms with Crippen LogP contribution < -0.4 is 0 Å². The van der Waals surface area contributed by atoms with Gasteiger partial charge in [0.25, 0.3) is 0 Å². The van der Waals surface area contributed by atoms with Gasteiger partial charge in [-0.15, -0.1) is 0 Å². The van der Waals surface area contributed by atoms with Crippen LogP contribution in [0.15, 0.2) is 28.6 Å². The van der Waals surface area contributed by atoms with Crippen molar-refractivity contribution in [3.63, 3.8) is 0 Å². The van der Waals surface area contributed by atoms with E-state index >= 15 is 0 Å². The number of thioether (sulfide) groups is 1. The zero-order valence-corrected chi connectivity index (χ0v) is 13.5. The average molecular weight is 390 g/mol. The normalized spacial score (nSPS) is 10.6. The van der Waals surface area contributed by atoms with Gasteiger partial charge < -0.3 is 0 Å². The predicted molar refractivity (Wildman–Crippen MR) is 83.5 cm³/mol. The second kappa shape index (κ2) is 6.63. The molecule has 3 nitrogen and oxygen atoms in total. The number of carbonyl (C=O) groups is 1. The summed E-state index contributed by atoms with van der Waals surface area (Å²) in [7, 11) is 0. The molecule has 0 radical (unpaired) electrons. The van der Waals surface area contributed by atoms with Gasteiger partial charge in [-0.2, -0.15) is 4.37 Å². The van der Waals surface area contributed by atoms with E-state index < -0.39 is 0 Å². The molecule has 94 valence electrons. The van der Waals surface area contributed by atoms with Crippen molar-refractivity contribution in [2.24, 2.45) is 0 Å². The molecule has 0 aliphatic rings. The Morgan fingerprint density at radius 3 is 2.72 bits per heavy atom. The Hall–Kier alpha value is -0.470. The lowest BCUT2D eigenvalue weighted by Gasteiger charge is -1.99. The number of hydrogen-bond acceptors (Lipinski definition) is 5. The maximum absolute atomic E-state index is 11.9. The number of Topliss-reactive ketones (excluding diaryl/α,β-unsaturated/α-hetero) is 1. The van der Waals surface area contributed by atoms with E-state index in [1.807, 2.05) is 31.2 Å². The number of ketones is 1. The summed E-state index contributed by atoms with van der Waals surface area (Å²) >= 11 is 5.04. The highest BCUT2D eigenvalue weighted by molar-refractivity contribution is 14.1. The Labute approximate surface area is 128 Å². The van der Waals surface area contributed by atoms with Crippen LogP contribution in [0.1, 0.15) is 23.1 Å². The molecule has 0 atom stereocenters. The third kappa shape index (κ3) is 3.76. The van der Waals surface area contributed by atoms with Crippen LogP contribution in [-0.2, 0) is 6.42 Å². The van der Waals surface area contributed by atoms with Crippen LogP contribution in [0.3, 0.4) is 0 Å². The summed E-state index contributed by atoms with van der Waals surface area (Å²) in [4.78, 5) is 16.3. The van der Waals surface area contributed by atoms with E-state index in [-0.39, 0.29) is 5.78 Å². The molecule has 0 saturated heterocycles. The first-order chi connectivity index (χ1) is 8.69. The van der Waals surface area contributed by atoms with E-state index in [1.54, 1.807) is 0 Å². The zero-order valence-electron chi connectivity index (χ0n) is 9.72. The van der Waals surface area contributed by atoms with Gasteiger partial charge in [-0.05, 0) is 46.3 Å². The van der Waals surface area contributed by atoms with Gasteiger partial charge in [-0.25, -0.2) is 4.98 Å². The van der Waals surface area contributed by atoms with Crippen molar-refractivity contribution in [2.45, 2.75) is 17.7 Å². The van der Waals surface area contributed by atoms with E-state index in [2.05, 4.69) is 31.9 Å². The fourth-order valence-corrected chi connectivity index (χ4v) is 3.24. The lowest BCUT2D eigenvalue weighted by molar-refractivity contribution is 0.102. The van der Waals surface area contributed by atoms with Gasteiger partial charge in [0.1, 0.15) is 5.82 Å². The number of hydrogen-bond donors (Lipinski definition) is 0. The molecule has 6 heteroatoms. The molecule has 0 spiro atoms. The van der Waals surface area contributed by atoms with Gasteiger partial charge in [0, 0.05) is 15.6 Å². The first kappa shape index (κ1) is 14.0. The highest BCUT2D eigenvalue weighted by atomic mass is 127. The third-order valence-electron chi connectivity index (χ3n) is 2.26. The molecule has 0 aliphatic heterocycles. The van der Waals surface area contributed by atoms with Crippen molar-refractivity contribution in [2.75, 3.05) is 5.75 Å². The minimum absolute atomic E-state index is 0.129. The van der Waals surface area contributed by atoms with Gasteiger partial charge in [0.05, 0.1) is 5.75 Å². The molecule has 0 amide bonds. The fourth-order valence-electron chi connectivity index (χ4n) is 1.29. The molecule has 0 bridgehead atoms. The van der Waals surface area contributed by atoms with Crippen molar-refractivity contribution in [3.05, 3.63) is 39.2 Å². The second-order valence-corrected chi connectivity index (χ2v) is 6.77. The Morgan fingerprint density at radius 2 is 2.11 bits per heavy atom. The molecule has 2 aromatic rings. The number of benzene rings is 1. The quantitative estimate of drug-likeness (QED) is 0.444. The minimum Gasteiger partial charge on any atom is -0.293 e. The van der Waals surface area contributed by atoms with E-state index in [0.717, 1.165) is 25.7 Å². The first-order valence-corrected chi connectivity index (χ1v) is 8.27. The molecule has 1 aromatic heterocycles. The molecule has 2 rings (SSSR count). The average Bonchev–Trinajstić information content (AvgIpc) is 2.85. The van der Waals surface area contributed by atoms with Crippen LogP contribution in [0.25, 0.3) is 0 Å². The monoisotopic (exact) mass is 390 g/mol. The standard InChI is InChI=1S/C12H11IN2OS2/c1-2-11-14-12(18-15-11)17-7-10(16)8-3-5-9(13)6-4-8/h3-6H,2,7H2,1H3. The number of nitrogens with zero attached hydrogens (tertiary/aromatic N) is 2. The molecule has 0 unspecified atom stereocenters. The number of aromatic nitrogens is 2. The van der Waals surface area contributed by atoms with Crippen molar-refractivity contribution in [3.8, 4) is 0 Å². The highest BCUT2D eigenvalue weighted by Gasteiger charge is 2.09. The van der Waals surface area contributed by atoms with Gasteiger partial charge in [0.2, 0.25) is 0 Å². The van der Waals surface area contributed by atoms with E-state index in [4.69, 9.17) is 0 Å². The summed E-state index contributed by atoms with van der Waals surface area (Å²) in [6.45, 7) is 2.02. The molecule has 18 heavy (non-hydrogen) atoms. The van der Waals surface area contributed by atoms with Crippen molar-refractivity contribution in [1.82, 2.24) is 9.36 Å². The topological polar surface area (TPSA) is 42.9 Å². The van der Waals surface area contributed by atoms with Crippen molar-refractivity contribution in [1.29, 1.82) is 0 Å². The molecule has 0 N–H and O–H groups in total. The minimum atomic E-state index is 0.129. The predicted octanol–water partition coefficient (Wildman–Crippen LogP) is 3.68. The molecule has 1 heterocycles. The number of carbonyl (C=O) groups excluding carboxylic acids is 1. The van der Waals surface area contributed by atoms with Gasteiger partial charge >= 0.3 is 0 Å². The van der Waals surface area contributed by atoms with E-state index in [1.165, 1.54) is 23.3 Å². The van der Waals surface area contributed by atoms with Crippen LogP contribution in [-0.4, -0.2) is 20.9 Å². The smallest absolute Gasteiger partial charge is 0.173 e. The lowest BCUT2D eigenvalue weighted by Crippen LogP contribution is -2.01. The Balaban J connectivity index is 1.93. The summed E-state index contributed by atoms with van der Waals surface area (Å²) < 4.78 is 6.19. The van der Waals surface area contributed by atoms with Crippen LogP contribution in [0.4, 0.5) is 0 Å². The van der Waals surface area contributed by atoms with Gasteiger partial charge in [0.15, 0.2) is 10.1 Å². The Kier molecular flexibility index (Phi) is 5.13. The molecule has 0 saturated carbocycles. The number of aryl methyl sites for hydroxylation is 1. The number of halogens is 1. The maximum atomic E-state index is 11.9. The largest absolute Gasteiger partial charge is 0.293 e. The van der Waals surface area contributed by atoms with Crippen molar-refractivity contribution < 1.29 is 4.79 Å². The summed E-state index contributed by atoms with van der Waals surface area (Å²) in [6.07, 6.45) is 0.835. The number of rotatable bonds is 5. The van der Waals surface area contributed by atoms with E-state index in [0.29, 0.717) is 5.75 Å². The third-order valence-corrected chi connectivity index (χ3v) is 4.85. The van der Waals surface area contributed by atoms with Crippen molar-refractivity contribution >= 4 is 51.7 Å². The fraction of sp³-hybridized carbons (Fsp3) is 0.250. The van der Waals surface area contributed by atoms with E-state index in [9.17, 15) is 4.79 Å². The zero-order chi connectivity index (χ0) is 13.0. The summed E-state index contributed by atoms with van der Waals surface area (Å²) in [5.74, 6) is 1.40. The van der Waals surface area contributed by atoms with Crippen LogP contribution in [0.2, 0.25) is 0 Å². The van der Waals surface area contributed by atoms with Gasteiger partial charge in [-0.1, -0.05) is 30.8 Å². The highest BCUT2D eigenvalue weighted by Crippen LogP contribution is 2.21. The summed E-state index contributed by atoms with van der Waals surface area (Å²) in [6, 6.07) is 7.61. The molecule has 1 aromatic carbocycles. The first-order valence-electron chi connectivity index (χ1n) is 5.43. The summed E-state index contributed by atoms with van der Waals surface area (Å²) in [5.41, 5.74) is 0.753. The molecule has 0 fully saturated rings. The van der Waals surface area contributed by atoms with Gasteiger partial charge in [-0.3, -0.25) is 4.79 Å². The summed E-state index contributed by atoms with van der Waals surface area (Å²) in [5, 5.41) is 0. The SMILES string of the molecule is CCc1nsc(SCC(=O)c2ccc(I)cc2)n1. The molecule has 0 aliphatic carbocycles. The lowest BCUT2D eigenvalue weighted by atomic mass is 10.2. The Morgan fingerprint density at radius 1 is 1.39 bits per heavy atom. The molecular weight excluding hydrogens is 379 g/mol. The van der Waals surface area contributed by atoms with Crippen LogP contribution in [0, 0.1) is 3.57 Å². The van der Waals surface area contributed by atoms with Crippen LogP contribution >= 0.6 is 45.9 Å². The molecular formula is C12H11IN2OS2.